The average molecular weight is 338 g/mol. The maximum absolute atomic E-state index is 11.5. The number of carbonyl (C=O) groups excluding carboxylic acids is 1. The van der Waals surface area contributed by atoms with E-state index in [4.69, 9.17) is 0 Å². The molecular formula is C13H12BrN3O3. The van der Waals surface area contributed by atoms with Gasteiger partial charge >= 0.3 is 0 Å². The zero-order chi connectivity index (χ0) is 14.7. The van der Waals surface area contributed by atoms with Gasteiger partial charge in [-0.1, -0.05) is 22.9 Å². The summed E-state index contributed by atoms with van der Waals surface area (Å²) in [6.45, 7) is 2.03. The van der Waals surface area contributed by atoms with E-state index in [0.29, 0.717) is 22.0 Å². The maximum atomic E-state index is 11.5. The number of nitro benzene ring substituents is 1. The van der Waals surface area contributed by atoms with Crippen LogP contribution < -0.4 is 0 Å². The zero-order valence-electron chi connectivity index (χ0n) is 10.7. The van der Waals surface area contributed by atoms with E-state index in [1.54, 1.807) is 25.3 Å². The van der Waals surface area contributed by atoms with Crippen LogP contribution in [0.1, 0.15) is 29.3 Å². The van der Waals surface area contributed by atoms with Crippen LogP contribution in [0.5, 0.6) is 0 Å². The normalized spacial score (nSPS) is 10.5. The van der Waals surface area contributed by atoms with Gasteiger partial charge in [0.25, 0.3) is 5.69 Å². The van der Waals surface area contributed by atoms with Crippen LogP contribution in [-0.2, 0) is 6.54 Å². The van der Waals surface area contributed by atoms with Crippen LogP contribution >= 0.6 is 15.9 Å². The fourth-order valence-electron chi connectivity index (χ4n) is 1.81. The molecule has 0 N–H and O–H groups in total. The van der Waals surface area contributed by atoms with Crippen molar-refractivity contribution in [1.29, 1.82) is 0 Å². The lowest BCUT2D eigenvalue weighted by molar-refractivity contribution is -0.385. The van der Waals surface area contributed by atoms with Crippen LogP contribution in [0.2, 0.25) is 0 Å². The van der Waals surface area contributed by atoms with E-state index in [2.05, 4.69) is 21.0 Å². The summed E-state index contributed by atoms with van der Waals surface area (Å²) >= 11 is 3.21. The molecule has 0 aliphatic rings. The molecule has 0 saturated carbocycles. The van der Waals surface area contributed by atoms with E-state index in [-0.39, 0.29) is 18.0 Å². The van der Waals surface area contributed by atoms with E-state index in [9.17, 15) is 14.9 Å². The summed E-state index contributed by atoms with van der Waals surface area (Å²) in [5.74, 6) is 0.00144. The van der Waals surface area contributed by atoms with Gasteiger partial charge < -0.3 is 0 Å². The standard InChI is InChI=1S/C13H12BrN3O3/c1-2-13(18)10-6-15-16(8-10)7-9-3-4-11(14)5-12(9)17(19)20/h3-6,8H,2,7H2,1H3. The Balaban J connectivity index is 2.28. The van der Waals surface area contributed by atoms with Crippen LogP contribution in [0.3, 0.4) is 0 Å². The minimum atomic E-state index is -0.429. The van der Waals surface area contributed by atoms with Crippen molar-refractivity contribution in [2.24, 2.45) is 0 Å². The molecule has 104 valence electrons. The predicted octanol–water partition coefficient (Wildman–Crippen LogP) is 3.19. The second-order valence-corrected chi connectivity index (χ2v) is 5.15. The van der Waals surface area contributed by atoms with Crippen LogP contribution in [-0.4, -0.2) is 20.5 Å². The Morgan fingerprint density at radius 2 is 2.25 bits per heavy atom. The summed E-state index contributed by atoms with van der Waals surface area (Å²) in [5, 5.41) is 15.1. The lowest BCUT2D eigenvalue weighted by atomic mass is 10.2. The van der Waals surface area contributed by atoms with Crippen molar-refractivity contribution in [3.05, 3.63) is 56.3 Å². The van der Waals surface area contributed by atoms with E-state index >= 15 is 0 Å². The molecular weight excluding hydrogens is 326 g/mol. The molecule has 0 spiro atoms. The molecule has 2 rings (SSSR count). The number of Topliss-reactive ketones (excluding diaryl/α,β-unsaturated/α-hetero) is 1. The van der Waals surface area contributed by atoms with Crippen molar-refractivity contribution in [3.63, 3.8) is 0 Å². The smallest absolute Gasteiger partial charge is 0.275 e. The van der Waals surface area contributed by atoms with Gasteiger partial charge in [-0.25, -0.2) is 0 Å². The molecule has 20 heavy (non-hydrogen) atoms. The Hall–Kier alpha value is -2.02. The van der Waals surface area contributed by atoms with Crippen molar-refractivity contribution >= 4 is 27.4 Å². The predicted molar refractivity (Wildman–Crippen MR) is 76.7 cm³/mol. The summed E-state index contributed by atoms with van der Waals surface area (Å²) < 4.78 is 2.18. The quantitative estimate of drug-likeness (QED) is 0.476. The number of ketones is 1. The number of nitrogens with zero attached hydrogens (tertiary/aromatic N) is 3. The molecule has 0 atom stereocenters. The minimum Gasteiger partial charge on any atom is -0.294 e. The van der Waals surface area contributed by atoms with Gasteiger partial charge in [-0.15, -0.1) is 0 Å². The molecule has 0 aliphatic carbocycles. The van der Waals surface area contributed by atoms with Crippen LogP contribution in [0, 0.1) is 10.1 Å². The summed E-state index contributed by atoms with van der Waals surface area (Å²) in [5.41, 5.74) is 1.09. The highest BCUT2D eigenvalue weighted by molar-refractivity contribution is 9.10. The fourth-order valence-corrected chi connectivity index (χ4v) is 2.16. The molecule has 1 aromatic heterocycles. The van der Waals surface area contributed by atoms with Crippen molar-refractivity contribution in [2.75, 3.05) is 0 Å². The van der Waals surface area contributed by atoms with Gasteiger partial charge in [0.05, 0.1) is 28.8 Å². The third-order valence-electron chi connectivity index (χ3n) is 2.85. The Morgan fingerprint density at radius 1 is 1.50 bits per heavy atom. The largest absolute Gasteiger partial charge is 0.294 e. The number of benzene rings is 1. The minimum absolute atomic E-state index is 0.00144. The Labute approximate surface area is 123 Å². The van der Waals surface area contributed by atoms with Crippen molar-refractivity contribution < 1.29 is 9.72 Å². The topological polar surface area (TPSA) is 78.0 Å². The number of hydrogen-bond acceptors (Lipinski definition) is 4. The Kier molecular flexibility index (Phi) is 4.29. The molecule has 0 aliphatic heterocycles. The van der Waals surface area contributed by atoms with E-state index in [0.717, 1.165) is 0 Å². The molecule has 1 heterocycles. The fraction of sp³-hybridized carbons (Fsp3) is 0.231. The maximum Gasteiger partial charge on any atom is 0.275 e. The zero-order valence-corrected chi connectivity index (χ0v) is 12.3. The number of halogens is 1. The van der Waals surface area contributed by atoms with Crippen molar-refractivity contribution in [3.8, 4) is 0 Å². The SMILES string of the molecule is CCC(=O)c1cnn(Cc2ccc(Br)cc2[N+](=O)[O-])c1. The first kappa shape index (κ1) is 14.4. The molecule has 0 radical (unpaired) electrons. The van der Waals surface area contributed by atoms with E-state index in [1.807, 2.05) is 0 Å². The van der Waals surface area contributed by atoms with Crippen LogP contribution in [0.15, 0.2) is 35.1 Å². The second kappa shape index (κ2) is 5.96. The summed E-state index contributed by atoms with van der Waals surface area (Å²) in [6.07, 6.45) is 3.50. The molecule has 1 aromatic carbocycles. The van der Waals surface area contributed by atoms with Gasteiger partial charge in [0, 0.05) is 23.2 Å². The van der Waals surface area contributed by atoms with Crippen LogP contribution in [0.4, 0.5) is 5.69 Å². The Morgan fingerprint density at radius 3 is 2.90 bits per heavy atom. The number of hydrogen-bond donors (Lipinski definition) is 0. The Bertz CT molecular complexity index is 667. The molecule has 0 unspecified atom stereocenters. The van der Waals surface area contributed by atoms with Crippen molar-refractivity contribution in [1.82, 2.24) is 9.78 Å². The van der Waals surface area contributed by atoms with Gasteiger partial charge in [-0.2, -0.15) is 5.10 Å². The number of nitro groups is 1. The van der Waals surface area contributed by atoms with Gasteiger partial charge in [-0.05, 0) is 12.1 Å². The van der Waals surface area contributed by atoms with Crippen molar-refractivity contribution in [2.45, 2.75) is 19.9 Å². The number of carbonyl (C=O) groups is 1. The molecule has 0 fully saturated rings. The molecule has 0 saturated heterocycles. The second-order valence-electron chi connectivity index (χ2n) is 4.23. The monoisotopic (exact) mass is 337 g/mol. The first-order valence-electron chi connectivity index (χ1n) is 5.99. The molecule has 0 bridgehead atoms. The summed E-state index contributed by atoms with van der Waals surface area (Å²) in [7, 11) is 0. The highest BCUT2D eigenvalue weighted by atomic mass is 79.9. The van der Waals surface area contributed by atoms with Gasteiger partial charge in [0.1, 0.15) is 0 Å². The third kappa shape index (κ3) is 3.11. The van der Waals surface area contributed by atoms with Gasteiger partial charge in [-0.3, -0.25) is 19.6 Å². The van der Waals surface area contributed by atoms with E-state index in [1.165, 1.54) is 16.9 Å². The summed E-state index contributed by atoms with van der Waals surface area (Å²) in [6, 6.07) is 4.87. The average Bonchev–Trinajstić information content (AvgIpc) is 2.88. The molecule has 6 nitrogen and oxygen atoms in total. The molecule has 7 heteroatoms. The highest BCUT2D eigenvalue weighted by Gasteiger charge is 2.15. The van der Waals surface area contributed by atoms with Gasteiger partial charge in [0.15, 0.2) is 5.78 Å². The molecule has 2 aromatic rings. The third-order valence-corrected chi connectivity index (χ3v) is 3.35. The highest BCUT2D eigenvalue weighted by Crippen LogP contribution is 2.24. The first-order valence-corrected chi connectivity index (χ1v) is 6.79. The lowest BCUT2D eigenvalue weighted by Crippen LogP contribution is -2.04. The van der Waals surface area contributed by atoms with Crippen LogP contribution in [0.25, 0.3) is 0 Å². The number of aromatic nitrogens is 2. The molecule has 0 amide bonds. The lowest BCUT2D eigenvalue weighted by Gasteiger charge is -2.03. The number of rotatable bonds is 5. The first-order chi connectivity index (χ1) is 9.51. The van der Waals surface area contributed by atoms with E-state index < -0.39 is 4.92 Å². The van der Waals surface area contributed by atoms with Gasteiger partial charge in [0.2, 0.25) is 0 Å². The summed E-state index contributed by atoms with van der Waals surface area (Å²) in [4.78, 5) is 22.1.